The number of ether oxygens (including phenoxy) is 9. The van der Waals surface area contributed by atoms with E-state index in [2.05, 4.69) is 26.0 Å². The Bertz CT molecular complexity index is 2230. The molecule has 1 aliphatic carbocycles. The summed E-state index contributed by atoms with van der Waals surface area (Å²) in [6.07, 6.45) is -18.1. The van der Waals surface area contributed by atoms with Gasteiger partial charge in [-0.15, -0.1) is 0 Å². The van der Waals surface area contributed by atoms with Gasteiger partial charge >= 0.3 is 18.3 Å². The number of alkyl carbamates (subject to hydrolysis) is 3. The van der Waals surface area contributed by atoms with Gasteiger partial charge in [-0.2, -0.15) is 0 Å². The van der Waals surface area contributed by atoms with Crippen LogP contribution in [0.4, 0.5) is 14.4 Å². The first-order valence-electron chi connectivity index (χ1n) is 23.0. The van der Waals surface area contributed by atoms with Crippen molar-refractivity contribution in [2.45, 2.75) is 131 Å². The minimum Gasteiger partial charge on any atom is -0.445 e. The standard InChI is InChI=1S/C47H59N7O17/c48-35-37(58)36(57)33(21-50-45(60)63-23-26-10-4-1-5-11-26)67-43(35)71-41-34(22-55)68-44(38(41)59)70-40-32(56)19-18-30(52-46(61)64-24-27-12-6-2-7-13-27)39(40)69-42-31(17-16-29(66-42)20-51-54-49)53-47(62)65-25-28-14-8-3-9-15-28/h1-17,29-44,55-59H,18-25,48H2,(H,50,60)(H,52,61)(H,53,62)/t29-,30-,31+,32-,33-,34+,35+,36+,37+,38+,39+,40+,41+,42+,43+,44-/m0/s1. The van der Waals surface area contributed by atoms with E-state index in [1.54, 1.807) is 84.9 Å². The third-order valence-electron chi connectivity index (χ3n) is 12.1. The minimum atomic E-state index is -1.76. The lowest BCUT2D eigenvalue weighted by molar-refractivity contribution is -0.284. The number of nitrogens with two attached hydrogens (primary N) is 1. The topological polar surface area (TPSA) is 346 Å². The third-order valence-corrected chi connectivity index (χ3v) is 12.1. The Morgan fingerprint density at radius 2 is 1.20 bits per heavy atom. The van der Waals surface area contributed by atoms with E-state index >= 15 is 0 Å². The van der Waals surface area contributed by atoms with E-state index in [1.165, 1.54) is 0 Å². The fourth-order valence-electron chi connectivity index (χ4n) is 8.33. The molecule has 0 aromatic heterocycles. The van der Waals surface area contributed by atoms with E-state index in [4.69, 9.17) is 53.9 Å². The highest BCUT2D eigenvalue weighted by molar-refractivity contribution is 5.68. The van der Waals surface area contributed by atoms with Crippen LogP contribution in [0.25, 0.3) is 10.4 Å². The second-order valence-corrected chi connectivity index (χ2v) is 17.1. The van der Waals surface area contributed by atoms with Gasteiger partial charge in [0.25, 0.3) is 0 Å². The zero-order valence-corrected chi connectivity index (χ0v) is 38.3. The van der Waals surface area contributed by atoms with E-state index in [0.717, 1.165) is 11.1 Å². The molecule has 0 bridgehead atoms. The van der Waals surface area contributed by atoms with Gasteiger partial charge in [0.15, 0.2) is 18.9 Å². The Hall–Kier alpha value is -5.96. The summed E-state index contributed by atoms with van der Waals surface area (Å²) in [5, 5.41) is 67.1. The molecule has 24 nitrogen and oxygen atoms in total. The fourth-order valence-corrected chi connectivity index (χ4v) is 8.33. The second kappa shape index (κ2) is 25.9. The van der Waals surface area contributed by atoms with Gasteiger partial charge < -0.3 is 89.8 Å². The summed E-state index contributed by atoms with van der Waals surface area (Å²) in [5.41, 5.74) is 17.4. The summed E-state index contributed by atoms with van der Waals surface area (Å²) < 4.78 is 53.2. The molecule has 3 heterocycles. The first-order valence-corrected chi connectivity index (χ1v) is 23.0. The van der Waals surface area contributed by atoms with Crippen LogP contribution in [0.1, 0.15) is 29.5 Å². The van der Waals surface area contributed by atoms with Crippen molar-refractivity contribution in [2.24, 2.45) is 10.8 Å². The normalized spacial score (nSPS) is 32.4. The molecule has 3 aromatic carbocycles. The largest absolute Gasteiger partial charge is 0.445 e. The highest BCUT2D eigenvalue weighted by atomic mass is 16.8. The van der Waals surface area contributed by atoms with E-state index in [0.29, 0.717) is 5.56 Å². The Morgan fingerprint density at radius 1 is 0.648 bits per heavy atom. The minimum absolute atomic E-state index is 0.0129. The molecule has 3 aliphatic heterocycles. The smallest absolute Gasteiger partial charge is 0.408 e. The Kier molecular flexibility index (Phi) is 19.3. The van der Waals surface area contributed by atoms with Crippen molar-refractivity contribution in [1.29, 1.82) is 0 Å². The highest BCUT2D eigenvalue weighted by Crippen LogP contribution is 2.35. The molecule has 0 unspecified atom stereocenters. The number of rotatable bonds is 19. The molecule has 3 fully saturated rings. The number of hydrogen-bond acceptors (Lipinski definition) is 19. The molecule has 3 amide bonds. The maximum absolute atomic E-state index is 13.4. The van der Waals surface area contributed by atoms with Crippen molar-refractivity contribution in [3.8, 4) is 0 Å². The molecule has 1 saturated carbocycles. The number of benzene rings is 3. The summed E-state index contributed by atoms with van der Waals surface area (Å²) in [6, 6.07) is 23.3. The molecule has 10 N–H and O–H groups in total. The van der Waals surface area contributed by atoms with Crippen molar-refractivity contribution < 1.29 is 82.5 Å². The van der Waals surface area contributed by atoms with Gasteiger partial charge in [-0.05, 0) is 35.1 Å². The van der Waals surface area contributed by atoms with E-state index in [-0.39, 0.29) is 45.8 Å². The second-order valence-electron chi connectivity index (χ2n) is 17.1. The number of aliphatic hydroxyl groups excluding tert-OH is 5. The molecular weight excluding hydrogens is 935 g/mol. The van der Waals surface area contributed by atoms with Crippen LogP contribution in [-0.4, -0.2) is 162 Å². The van der Waals surface area contributed by atoms with E-state index in [9.17, 15) is 39.9 Å². The molecule has 2 saturated heterocycles. The van der Waals surface area contributed by atoms with Crippen LogP contribution in [0, 0.1) is 0 Å². The lowest BCUT2D eigenvalue weighted by atomic mass is 9.87. The first-order chi connectivity index (χ1) is 34.4. The molecule has 4 aliphatic rings. The van der Waals surface area contributed by atoms with Gasteiger partial charge in [-0.25, -0.2) is 14.4 Å². The molecule has 24 heteroatoms. The number of amides is 3. The molecule has 384 valence electrons. The Labute approximate surface area is 407 Å². The van der Waals surface area contributed by atoms with Gasteiger partial charge in [-0.3, -0.25) is 0 Å². The van der Waals surface area contributed by atoms with Crippen LogP contribution < -0.4 is 21.7 Å². The van der Waals surface area contributed by atoms with Crippen molar-refractivity contribution in [1.82, 2.24) is 16.0 Å². The molecule has 71 heavy (non-hydrogen) atoms. The summed E-state index contributed by atoms with van der Waals surface area (Å²) in [6.45, 7) is -1.47. The summed E-state index contributed by atoms with van der Waals surface area (Å²) >= 11 is 0. The van der Waals surface area contributed by atoms with E-state index in [1.807, 2.05) is 18.2 Å². The predicted octanol–water partition coefficient (Wildman–Crippen LogP) is 1.26. The fraction of sp³-hybridized carbons (Fsp3) is 0.511. The van der Waals surface area contributed by atoms with Crippen molar-refractivity contribution >= 4 is 18.3 Å². The Morgan fingerprint density at radius 3 is 1.79 bits per heavy atom. The van der Waals surface area contributed by atoms with Crippen molar-refractivity contribution in [3.63, 3.8) is 0 Å². The molecule has 3 aromatic rings. The lowest BCUT2D eigenvalue weighted by Crippen LogP contribution is -2.64. The predicted molar refractivity (Wildman–Crippen MR) is 244 cm³/mol. The number of nitrogens with one attached hydrogen (secondary N) is 3. The van der Waals surface area contributed by atoms with Crippen LogP contribution >= 0.6 is 0 Å². The van der Waals surface area contributed by atoms with Crippen LogP contribution in [0.2, 0.25) is 0 Å². The molecule has 0 spiro atoms. The number of carbonyl (C=O) groups excluding carboxylic acids is 3. The average molecular weight is 994 g/mol. The van der Waals surface area contributed by atoms with Crippen molar-refractivity contribution in [2.75, 3.05) is 19.7 Å². The van der Waals surface area contributed by atoms with Gasteiger partial charge in [0.05, 0.1) is 37.4 Å². The summed E-state index contributed by atoms with van der Waals surface area (Å²) in [5.74, 6) is 0. The summed E-state index contributed by atoms with van der Waals surface area (Å²) in [4.78, 5) is 41.9. The van der Waals surface area contributed by atoms with Gasteiger partial charge in [0, 0.05) is 11.5 Å². The molecule has 16 atom stereocenters. The molecular formula is C47H59N7O17. The summed E-state index contributed by atoms with van der Waals surface area (Å²) in [7, 11) is 0. The number of carbonyl (C=O) groups is 3. The van der Waals surface area contributed by atoms with E-state index < -0.39 is 123 Å². The SMILES string of the molecule is [N-]=[N+]=NC[C@@H]1C=C[C@@H](NC(=O)OCc2ccccc2)[C@@H](O[C@H]2[C@H](O[C@@H]3O[C@H](CO)[C@@H](O[C@H]4O[C@@H](CNC(=O)OCc5ccccc5)[C@@H](O)[C@H](O)[C@H]4N)[C@H]3O)[C@@H](O)CC[C@@H]2NC(=O)OCc2ccccc2)O1. The monoisotopic (exact) mass is 993 g/mol. The average Bonchev–Trinajstić information content (AvgIpc) is 3.69. The van der Waals surface area contributed by atoms with Gasteiger partial charge in [0.2, 0.25) is 0 Å². The number of nitrogens with zero attached hydrogens (tertiary/aromatic N) is 3. The van der Waals surface area contributed by atoms with Gasteiger partial charge in [-0.1, -0.05) is 108 Å². The zero-order valence-electron chi connectivity index (χ0n) is 38.3. The lowest BCUT2D eigenvalue weighted by Gasteiger charge is -2.44. The number of aliphatic hydroxyl groups is 5. The molecule has 0 radical (unpaired) electrons. The molecule has 7 rings (SSSR count). The zero-order chi connectivity index (χ0) is 50.3. The van der Waals surface area contributed by atoms with Crippen LogP contribution in [-0.2, 0) is 62.5 Å². The van der Waals surface area contributed by atoms with Gasteiger partial charge in [0.1, 0.15) is 74.7 Å². The van der Waals surface area contributed by atoms with Crippen molar-refractivity contribution in [3.05, 3.63) is 130 Å². The Balaban J connectivity index is 1.07. The number of hydrogen-bond donors (Lipinski definition) is 9. The maximum atomic E-state index is 13.4. The third kappa shape index (κ3) is 14.6. The van der Waals surface area contributed by atoms with Crippen LogP contribution in [0.3, 0.4) is 0 Å². The quantitative estimate of drug-likeness (QED) is 0.0268. The first kappa shape index (κ1) is 52.9. The maximum Gasteiger partial charge on any atom is 0.408 e. The van der Waals surface area contributed by atoms with Crippen LogP contribution in [0.5, 0.6) is 0 Å². The van der Waals surface area contributed by atoms with Crippen LogP contribution in [0.15, 0.2) is 108 Å². The number of azide groups is 1. The highest BCUT2D eigenvalue weighted by Gasteiger charge is 2.53.